The van der Waals surface area contributed by atoms with Gasteiger partial charge in [-0.3, -0.25) is 0 Å². The third kappa shape index (κ3) is 3.85. The summed E-state index contributed by atoms with van der Waals surface area (Å²) < 4.78 is 0. The molecule has 1 aromatic carbocycles. The summed E-state index contributed by atoms with van der Waals surface area (Å²) in [7, 11) is 0. The van der Waals surface area contributed by atoms with Crippen molar-refractivity contribution in [1.29, 1.82) is 0 Å². The maximum Gasteiger partial charge on any atom is 0.169 e. The van der Waals surface area contributed by atoms with Crippen molar-refractivity contribution in [3.8, 4) is 0 Å². The molecule has 0 radical (unpaired) electrons. The third-order valence-electron chi connectivity index (χ3n) is 3.30. The molecule has 1 N–H and O–H groups in total. The van der Waals surface area contributed by atoms with Gasteiger partial charge in [-0.15, -0.1) is 0 Å². The molecule has 1 aliphatic rings. The van der Waals surface area contributed by atoms with Crippen LogP contribution < -0.4 is 5.32 Å². The van der Waals surface area contributed by atoms with Crippen LogP contribution in [0.25, 0.3) is 0 Å². The second kappa shape index (κ2) is 6.39. The number of nitrogens with zero attached hydrogens (tertiary/aromatic N) is 1. The van der Waals surface area contributed by atoms with Crippen LogP contribution >= 0.6 is 23.8 Å². The Bertz CT molecular complexity index is 405. The van der Waals surface area contributed by atoms with Crippen LogP contribution in [0, 0.1) is 5.92 Å². The highest BCUT2D eigenvalue weighted by atomic mass is 35.5. The van der Waals surface area contributed by atoms with E-state index in [0.29, 0.717) is 0 Å². The lowest BCUT2D eigenvalue weighted by atomic mass is 10.0. The topological polar surface area (TPSA) is 15.3 Å². The highest BCUT2D eigenvalue weighted by Crippen LogP contribution is 2.15. The van der Waals surface area contributed by atoms with Crippen molar-refractivity contribution in [3.63, 3.8) is 0 Å². The van der Waals surface area contributed by atoms with Crippen LogP contribution in [-0.4, -0.2) is 23.1 Å². The lowest BCUT2D eigenvalue weighted by Crippen LogP contribution is -2.44. The lowest BCUT2D eigenvalue weighted by molar-refractivity contribution is 0.270. The first-order valence-corrected chi connectivity index (χ1v) is 7.21. The molecule has 18 heavy (non-hydrogen) atoms. The second-order valence-electron chi connectivity index (χ2n) is 4.98. The van der Waals surface area contributed by atoms with Gasteiger partial charge >= 0.3 is 0 Å². The summed E-state index contributed by atoms with van der Waals surface area (Å²) in [6, 6.07) is 7.86. The molecule has 4 heteroatoms. The van der Waals surface area contributed by atoms with Gasteiger partial charge in [-0.25, -0.2) is 0 Å². The number of hydrogen-bond donors (Lipinski definition) is 1. The van der Waals surface area contributed by atoms with Gasteiger partial charge in [0.15, 0.2) is 5.11 Å². The fourth-order valence-corrected chi connectivity index (χ4v) is 2.63. The first-order valence-electron chi connectivity index (χ1n) is 6.42. The zero-order chi connectivity index (χ0) is 13.0. The molecule has 1 atom stereocenters. The molecule has 1 unspecified atom stereocenters. The minimum atomic E-state index is 0.744. The van der Waals surface area contributed by atoms with Gasteiger partial charge in [0.05, 0.1) is 0 Å². The van der Waals surface area contributed by atoms with Crippen LogP contribution in [0.5, 0.6) is 0 Å². The number of likely N-dealkylation sites (tertiary alicyclic amines) is 1. The number of hydrogen-bond acceptors (Lipinski definition) is 1. The Morgan fingerprint density at radius 1 is 1.44 bits per heavy atom. The van der Waals surface area contributed by atoms with E-state index in [1.54, 1.807) is 0 Å². The van der Waals surface area contributed by atoms with E-state index < -0.39 is 0 Å². The van der Waals surface area contributed by atoms with Gasteiger partial charge < -0.3 is 10.2 Å². The van der Waals surface area contributed by atoms with E-state index in [2.05, 4.69) is 17.1 Å². The van der Waals surface area contributed by atoms with Crippen molar-refractivity contribution >= 4 is 28.9 Å². The molecule has 1 aromatic rings. The molecule has 0 aromatic heterocycles. The van der Waals surface area contributed by atoms with E-state index in [4.69, 9.17) is 23.8 Å². The van der Waals surface area contributed by atoms with Gasteiger partial charge in [-0.1, -0.05) is 30.7 Å². The molecule has 0 spiro atoms. The molecular formula is C14H19ClN2S. The summed E-state index contributed by atoms with van der Waals surface area (Å²) in [6.45, 7) is 5.21. The predicted octanol–water partition coefficient (Wildman–Crippen LogP) is 3.45. The van der Waals surface area contributed by atoms with E-state index >= 15 is 0 Å². The molecule has 1 fully saturated rings. The Hall–Kier alpha value is -0.800. The van der Waals surface area contributed by atoms with Crippen LogP contribution in [0.15, 0.2) is 24.3 Å². The minimum absolute atomic E-state index is 0.744. The van der Waals surface area contributed by atoms with Crippen LogP contribution in [0.3, 0.4) is 0 Å². The van der Waals surface area contributed by atoms with E-state index in [1.807, 2.05) is 24.3 Å². The highest BCUT2D eigenvalue weighted by molar-refractivity contribution is 7.80. The van der Waals surface area contributed by atoms with Gasteiger partial charge in [-0.05, 0) is 48.7 Å². The van der Waals surface area contributed by atoms with Gasteiger partial charge in [0.2, 0.25) is 0 Å². The van der Waals surface area contributed by atoms with Gasteiger partial charge in [-0.2, -0.15) is 0 Å². The summed E-state index contributed by atoms with van der Waals surface area (Å²) in [4.78, 5) is 2.28. The summed E-state index contributed by atoms with van der Waals surface area (Å²) in [6.07, 6.45) is 2.56. The van der Waals surface area contributed by atoms with Crippen LogP contribution in [0.4, 0.5) is 0 Å². The molecule has 1 heterocycles. The monoisotopic (exact) mass is 282 g/mol. The SMILES string of the molecule is CC1CCCN(C(=S)NCc2ccc(Cl)cc2)C1. The average Bonchev–Trinajstić information content (AvgIpc) is 2.38. The lowest BCUT2D eigenvalue weighted by Gasteiger charge is -2.33. The van der Waals surface area contributed by atoms with E-state index in [0.717, 1.165) is 35.7 Å². The third-order valence-corrected chi connectivity index (χ3v) is 3.96. The number of benzene rings is 1. The normalized spacial score (nSPS) is 19.7. The molecule has 2 nitrogen and oxygen atoms in total. The number of rotatable bonds is 2. The van der Waals surface area contributed by atoms with Crippen LogP contribution in [0.2, 0.25) is 5.02 Å². The maximum absolute atomic E-state index is 5.86. The molecule has 0 bridgehead atoms. The molecule has 0 amide bonds. The van der Waals surface area contributed by atoms with Gasteiger partial charge in [0.1, 0.15) is 0 Å². The van der Waals surface area contributed by atoms with Crippen molar-refractivity contribution in [1.82, 2.24) is 10.2 Å². The van der Waals surface area contributed by atoms with Crippen molar-refractivity contribution in [2.45, 2.75) is 26.3 Å². The molecule has 1 saturated heterocycles. The molecular weight excluding hydrogens is 264 g/mol. The zero-order valence-electron chi connectivity index (χ0n) is 10.7. The first kappa shape index (κ1) is 13.6. The Morgan fingerprint density at radius 2 is 2.17 bits per heavy atom. The summed E-state index contributed by atoms with van der Waals surface area (Å²) in [5, 5.41) is 4.96. The molecule has 0 saturated carbocycles. The molecule has 98 valence electrons. The largest absolute Gasteiger partial charge is 0.358 e. The summed E-state index contributed by atoms with van der Waals surface area (Å²) >= 11 is 11.3. The first-order chi connectivity index (χ1) is 8.65. The fraction of sp³-hybridized carbons (Fsp3) is 0.500. The molecule has 1 aliphatic heterocycles. The zero-order valence-corrected chi connectivity index (χ0v) is 12.2. The Balaban J connectivity index is 1.82. The van der Waals surface area contributed by atoms with Crippen molar-refractivity contribution in [2.75, 3.05) is 13.1 Å². The van der Waals surface area contributed by atoms with E-state index in [9.17, 15) is 0 Å². The summed E-state index contributed by atoms with van der Waals surface area (Å²) in [5.74, 6) is 0.744. The Labute approximate surface area is 119 Å². The fourth-order valence-electron chi connectivity index (χ4n) is 2.27. The Kier molecular flexibility index (Phi) is 4.84. The van der Waals surface area contributed by atoms with Crippen LogP contribution in [0.1, 0.15) is 25.3 Å². The molecule has 2 rings (SSSR count). The molecule has 0 aliphatic carbocycles. The standard InChI is InChI=1S/C14H19ClN2S/c1-11-3-2-8-17(10-11)14(18)16-9-12-4-6-13(15)7-5-12/h4-7,11H,2-3,8-10H2,1H3,(H,16,18). The predicted molar refractivity (Wildman–Crippen MR) is 80.9 cm³/mol. The maximum atomic E-state index is 5.86. The quantitative estimate of drug-likeness (QED) is 0.837. The minimum Gasteiger partial charge on any atom is -0.358 e. The highest BCUT2D eigenvalue weighted by Gasteiger charge is 2.17. The van der Waals surface area contributed by atoms with E-state index in [-0.39, 0.29) is 0 Å². The summed E-state index contributed by atoms with van der Waals surface area (Å²) in [5.41, 5.74) is 1.20. The van der Waals surface area contributed by atoms with Crippen molar-refractivity contribution in [3.05, 3.63) is 34.9 Å². The van der Waals surface area contributed by atoms with Crippen molar-refractivity contribution < 1.29 is 0 Å². The second-order valence-corrected chi connectivity index (χ2v) is 5.80. The number of halogens is 1. The number of nitrogens with one attached hydrogen (secondary N) is 1. The Morgan fingerprint density at radius 3 is 2.83 bits per heavy atom. The number of thiocarbonyl (C=S) groups is 1. The van der Waals surface area contributed by atoms with Gasteiger partial charge in [0.25, 0.3) is 0 Å². The van der Waals surface area contributed by atoms with E-state index in [1.165, 1.54) is 18.4 Å². The smallest absolute Gasteiger partial charge is 0.169 e. The van der Waals surface area contributed by atoms with Crippen LogP contribution in [-0.2, 0) is 6.54 Å². The number of piperidine rings is 1. The average molecular weight is 283 g/mol. The van der Waals surface area contributed by atoms with Crippen molar-refractivity contribution in [2.24, 2.45) is 5.92 Å². The van der Waals surface area contributed by atoms with Gasteiger partial charge in [0, 0.05) is 24.7 Å².